The summed E-state index contributed by atoms with van der Waals surface area (Å²) in [5, 5.41) is 11.0. The Hall–Kier alpha value is -2.57. The van der Waals surface area contributed by atoms with E-state index in [1.165, 1.54) is 14.2 Å². The first-order valence-electron chi connectivity index (χ1n) is 9.51. The number of nitrogens with zero attached hydrogens (tertiary/aromatic N) is 2. The first-order valence-corrected chi connectivity index (χ1v) is 9.51. The van der Waals surface area contributed by atoms with Crippen molar-refractivity contribution >= 4 is 25.4 Å². The fourth-order valence-corrected chi connectivity index (χ4v) is 3.03. The Kier molecular flexibility index (Phi) is 10.1. The van der Waals surface area contributed by atoms with E-state index in [1.54, 1.807) is 6.08 Å². The van der Waals surface area contributed by atoms with Crippen LogP contribution in [0.5, 0.6) is 0 Å². The average Bonchev–Trinajstić information content (AvgIpc) is 2.73. The first-order chi connectivity index (χ1) is 13.4. The summed E-state index contributed by atoms with van der Waals surface area (Å²) in [6.45, 7) is 11.2. The molecule has 0 aromatic heterocycles. The first kappa shape index (κ1) is 23.5. The maximum atomic E-state index is 13.2. The summed E-state index contributed by atoms with van der Waals surface area (Å²) in [6.07, 6.45) is 3.71. The van der Waals surface area contributed by atoms with Gasteiger partial charge in [0.1, 0.15) is 0 Å². The second-order valence-electron chi connectivity index (χ2n) is 6.70. The molecule has 28 heavy (non-hydrogen) atoms. The van der Waals surface area contributed by atoms with Crippen molar-refractivity contribution in [1.82, 2.24) is 5.32 Å². The molecule has 1 unspecified atom stereocenters. The molecule has 0 aliphatic heterocycles. The van der Waals surface area contributed by atoms with Gasteiger partial charge in [-0.1, -0.05) is 0 Å². The van der Waals surface area contributed by atoms with Gasteiger partial charge in [-0.05, 0) is 0 Å². The van der Waals surface area contributed by atoms with E-state index in [1.807, 2.05) is 44.2 Å². The molecule has 1 rings (SSSR count). The number of methoxy groups -OCH3 is 1. The van der Waals surface area contributed by atoms with E-state index >= 15 is 0 Å². The molecule has 0 aliphatic rings. The predicted octanol–water partition coefficient (Wildman–Crippen LogP) is 3.14. The molecule has 0 spiro atoms. The van der Waals surface area contributed by atoms with Crippen molar-refractivity contribution in [3.8, 4) is 0 Å². The molecule has 0 radical (unpaired) electrons. The number of aryl methyl sites for hydroxylation is 1. The van der Waals surface area contributed by atoms with Crippen LogP contribution in [0.3, 0.4) is 0 Å². The number of ether oxygens (including phenoxy) is 1. The minimum atomic E-state index is -1.15. The topological polar surface area (TPSA) is 80.1 Å². The van der Waals surface area contributed by atoms with Gasteiger partial charge in [-0.25, -0.2) is 0 Å². The van der Waals surface area contributed by atoms with Crippen molar-refractivity contribution in [2.45, 2.75) is 51.1 Å². The Morgan fingerprint density at radius 3 is 2.57 bits per heavy atom. The van der Waals surface area contributed by atoms with E-state index in [0.29, 0.717) is 25.7 Å². The summed E-state index contributed by atoms with van der Waals surface area (Å²) in [6, 6.07) is 9.00. The van der Waals surface area contributed by atoms with Crippen molar-refractivity contribution in [3.63, 3.8) is 0 Å². The fraction of sp³-hybridized carbons (Fsp3) is 0.476. The van der Waals surface area contributed by atoms with Crippen LogP contribution in [0.4, 0.5) is 0 Å². The van der Waals surface area contributed by atoms with Gasteiger partial charge in [0.15, 0.2) is 0 Å². The third kappa shape index (κ3) is 6.25. The molecule has 1 aromatic carbocycles. The van der Waals surface area contributed by atoms with Crippen LogP contribution < -0.4 is 5.32 Å². The molecule has 6 nitrogen and oxygen atoms in total. The monoisotopic (exact) mass is 383 g/mol. The van der Waals surface area contributed by atoms with Gasteiger partial charge < -0.3 is 0 Å². The second kappa shape index (κ2) is 12.0. The second-order valence-corrected chi connectivity index (χ2v) is 6.70. The molecule has 3 atom stereocenters. The summed E-state index contributed by atoms with van der Waals surface area (Å²) in [5.74, 6) is -0.959. The molecule has 150 valence electrons. The van der Waals surface area contributed by atoms with E-state index < -0.39 is 17.6 Å². The fourth-order valence-electron chi connectivity index (χ4n) is 3.03. The maximum absolute atomic E-state index is 13.2. The van der Waals surface area contributed by atoms with Crippen LogP contribution in [-0.2, 0) is 20.7 Å². The zero-order chi connectivity index (χ0) is 21.0. The molecular formula is C21H30BN3O3. The van der Waals surface area contributed by atoms with Gasteiger partial charge in [-0.2, -0.15) is 0 Å². The molecule has 0 bridgehead atoms. The Morgan fingerprint density at radius 1 is 1.36 bits per heavy atom. The number of carbonyl (C=O) groups is 2. The Bertz CT molecular complexity index is 693. The number of amides is 1. The van der Waals surface area contributed by atoms with Gasteiger partial charge in [0, 0.05) is 0 Å². The summed E-state index contributed by atoms with van der Waals surface area (Å²) in [5.41, 5.74) is -0.0692. The number of rotatable bonds is 12. The molecule has 1 aromatic rings. The van der Waals surface area contributed by atoms with E-state index in [-0.39, 0.29) is 11.8 Å². The van der Waals surface area contributed by atoms with E-state index in [4.69, 9.17) is 4.74 Å². The summed E-state index contributed by atoms with van der Waals surface area (Å²) in [4.78, 5) is 25.5. The molecule has 7 heteroatoms. The normalized spacial score (nSPS) is 15.1. The third-order valence-corrected chi connectivity index (χ3v) is 4.95. The minimum absolute atomic E-state index is 0.110. The van der Waals surface area contributed by atoms with Crippen LogP contribution in [0.15, 0.2) is 53.1 Å². The van der Waals surface area contributed by atoms with Gasteiger partial charge in [0.05, 0.1) is 0 Å². The summed E-state index contributed by atoms with van der Waals surface area (Å²) in [7, 11) is 2.60. The number of carbonyl (C=O) groups excluding carboxylic acids is 2. The van der Waals surface area contributed by atoms with Gasteiger partial charge in [0.2, 0.25) is 0 Å². The molecule has 1 N–H and O–H groups in total. The van der Waals surface area contributed by atoms with Crippen molar-refractivity contribution in [2.24, 2.45) is 16.1 Å². The van der Waals surface area contributed by atoms with Crippen LogP contribution in [0.25, 0.3) is 0 Å². The molecule has 1 amide bonds. The number of esters is 1. The SMILES string of the molecule is C=BN=N[C@](CC=C)(C(=O)N[C@@H](CCc1ccccc1)C(=O)OC)C(C)CC. The van der Waals surface area contributed by atoms with E-state index in [9.17, 15) is 9.59 Å². The van der Waals surface area contributed by atoms with Gasteiger partial charge >= 0.3 is 168 Å². The molecule has 0 fully saturated rings. The summed E-state index contributed by atoms with van der Waals surface area (Å²) < 4.78 is 4.90. The Labute approximate surface area is 168 Å². The van der Waals surface area contributed by atoms with E-state index in [2.05, 4.69) is 28.5 Å². The zero-order valence-corrected chi connectivity index (χ0v) is 17.1. The molecule has 0 heterocycles. The van der Waals surface area contributed by atoms with Gasteiger partial charge in [-0.15, -0.1) is 0 Å². The Balaban J connectivity index is 3.08. The number of hydrogen-bond acceptors (Lipinski definition) is 5. The number of hydrogen-bond donors (Lipinski definition) is 1. The van der Waals surface area contributed by atoms with Crippen molar-refractivity contribution < 1.29 is 14.3 Å². The predicted molar refractivity (Wildman–Crippen MR) is 113 cm³/mol. The molecule has 0 aliphatic carbocycles. The zero-order valence-electron chi connectivity index (χ0n) is 17.1. The van der Waals surface area contributed by atoms with Gasteiger partial charge in [0.25, 0.3) is 0 Å². The van der Waals surface area contributed by atoms with Crippen LogP contribution in [0.1, 0.15) is 38.7 Å². The Morgan fingerprint density at radius 2 is 2.04 bits per heavy atom. The van der Waals surface area contributed by atoms with E-state index in [0.717, 1.165) is 5.56 Å². The average molecular weight is 383 g/mol. The summed E-state index contributed by atoms with van der Waals surface area (Å²) >= 11 is 0. The van der Waals surface area contributed by atoms with Crippen molar-refractivity contribution in [2.75, 3.05) is 7.11 Å². The van der Waals surface area contributed by atoms with Crippen LogP contribution in [-0.4, -0.2) is 44.1 Å². The molecular weight excluding hydrogens is 353 g/mol. The van der Waals surface area contributed by atoms with Crippen LogP contribution >= 0.6 is 0 Å². The van der Waals surface area contributed by atoms with Crippen LogP contribution in [0.2, 0.25) is 0 Å². The molecule has 0 saturated carbocycles. The number of nitrogens with one attached hydrogen (secondary N) is 1. The van der Waals surface area contributed by atoms with Crippen molar-refractivity contribution in [3.05, 3.63) is 48.6 Å². The van der Waals surface area contributed by atoms with Crippen molar-refractivity contribution in [1.29, 1.82) is 0 Å². The third-order valence-electron chi connectivity index (χ3n) is 4.95. The van der Waals surface area contributed by atoms with Gasteiger partial charge in [-0.3, -0.25) is 0 Å². The number of benzene rings is 1. The quantitative estimate of drug-likeness (QED) is 0.261. The molecule has 0 saturated heterocycles. The standard InChI is InChI=1S/C21H30BN3O3/c1-6-15-21(16(3)7-2,24-25-22-4)20(27)23-18(19(26)28-5)14-13-17-11-9-8-10-12-17/h6,8-12,16,18H,1,4,7,13-15H2,2-3,5H3,(H,23,27)/t16?,18-,21-/m0/s1. The van der Waals surface area contributed by atoms with Crippen LogP contribution in [0, 0.1) is 5.92 Å².